The Bertz CT molecular complexity index is 2380. The van der Waals surface area contributed by atoms with Gasteiger partial charge >= 0.3 is 12.2 Å². The van der Waals surface area contributed by atoms with Gasteiger partial charge in [0.25, 0.3) is 0 Å². The highest BCUT2D eigenvalue weighted by atomic mass is 19.1. The second kappa shape index (κ2) is 18.1. The van der Waals surface area contributed by atoms with Crippen molar-refractivity contribution in [3.05, 3.63) is 89.3 Å². The number of rotatable bonds is 11. The second-order valence-electron chi connectivity index (χ2n) is 17.8. The van der Waals surface area contributed by atoms with Gasteiger partial charge in [0.2, 0.25) is 11.8 Å². The molecule has 18 heteroatoms. The van der Waals surface area contributed by atoms with Crippen molar-refractivity contribution < 1.29 is 43.3 Å². The first-order chi connectivity index (χ1) is 30.6. The number of aliphatic hydroxyl groups is 2. The van der Waals surface area contributed by atoms with Crippen molar-refractivity contribution in [2.75, 3.05) is 32.2 Å². The number of carbonyl (C=O) groups excluding carboxylic acids is 4. The number of benzene rings is 3. The number of hydrogen-bond acceptors (Lipinski definition) is 11. The van der Waals surface area contributed by atoms with E-state index in [1.54, 1.807) is 21.9 Å². The van der Waals surface area contributed by atoms with Gasteiger partial charge in [-0.3, -0.25) is 9.59 Å². The zero-order valence-electron chi connectivity index (χ0n) is 36.7. The molecule has 0 aliphatic carbocycles. The lowest BCUT2D eigenvalue weighted by atomic mass is 10.0. The molecule has 5 heterocycles. The van der Waals surface area contributed by atoms with E-state index in [2.05, 4.69) is 37.6 Å². The molecule has 8 rings (SSSR count). The fraction of sp³-hybridized carbons (Fsp3) is 0.478. The normalized spacial score (nSPS) is 23.3. The predicted molar refractivity (Wildman–Crippen MR) is 234 cm³/mol. The minimum atomic E-state index is -0.858. The molecule has 0 spiro atoms. The summed E-state index contributed by atoms with van der Waals surface area (Å²) in [6.07, 6.45) is -0.874. The lowest BCUT2D eigenvalue weighted by Gasteiger charge is -2.33. The summed E-state index contributed by atoms with van der Waals surface area (Å²) < 4.78 is 23.9. The summed E-state index contributed by atoms with van der Waals surface area (Å²) in [5, 5.41) is 26.8. The number of aliphatic hydroxyl groups excluding tert-OH is 2. The van der Waals surface area contributed by atoms with Crippen molar-refractivity contribution in [2.45, 2.75) is 102 Å². The van der Waals surface area contributed by atoms with E-state index in [4.69, 9.17) is 19.4 Å². The fourth-order valence-electron chi connectivity index (χ4n) is 9.65. The Hall–Kier alpha value is -6.27. The molecule has 0 bridgehead atoms. The van der Waals surface area contributed by atoms with Gasteiger partial charge in [0.15, 0.2) is 0 Å². The number of methoxy groups -OCH3 is 2. The van der Waals surface area contributed by atoms with Gasteiger partial charge in [0.05, 0.1) is 72.7 Å². The van der Waals surface area contributed by atoms with E-state index in [9.17, 15) is 33.8 Å². The highest BCUT2D eigenvalue weighted by Crippen LogP contribution is 2.48. The number of imidazole rings is 2. The lowest BCUT2D eigenvalue weighted by Crippen LogP contribution is -2.51. The van der Waals surface area contributed by atoms with Gasteiger partial charge in [-0.15, -0.1) is 0 Å². The molecule has 4 amide bonds. The molecular weight excluding hydrogens is 826 g/mol. The third kappa shape index (κ3) is 8.67. The summed E-state index contributed by atoms with van der Waals surface area (Å²) in [5.41, 5.74) is 5.76. The summed E-state index contributed by atoms with van der Waals surface area (Å²) in [6, 6.07) is 15.5. The number of carbonyl (C=O) groups is 4. The van der Waals surface area contributed by atoms with Gasteiger partial charge in [-0.25, -0.2) is 23.9 Å². The topological polar surface area (TPSA) is 218 Å². The number of anilines is 1. The molecular formula is C46H56FN9O8. The van der Waals surface area contributed by atoms with Crippen molar-refractivity contribution in [3.8, 4) is 0 Å². The Kier molecular flexibility index (Phi) is 12.5. The molecule has 3 saturated heterocycles. The van der Waals surface area contributed by atoms with E-state index < -0.39 is 48.6 Å². The van der Waals surface area contributed by atoms with Crippen LogP contribution in [-0.4, -0.2) is 116 Å². The molecule has 5 aromatic rings. The van der Waals surface area contributed by atoms with E-state index in [-0.39, 0.29) is 67.5 Å². The number of nitrogens with one attached hydrogen (secondary N) is 4. The molecule has 340 valence electrons. The molecule has 2 aromatic heterocycles. The van der Waals surface area contributed by atoms with Gasteiger partial charge in [-0.05, 0) is 84.3 Å². The Labute approximate surface area is 369 Å². The Morgan fingerprint density at radius 1 is 0.672 bits per heavy atom. The van der Waals surface area contributed by atoms with E-state index in [1.165, 1.54) is 26.4 Å². The minimum absolute atomic E-state index is 0.0936. The van der Waals surface area contributed by atoms with Crippen LogP contribution in [0.4, 0.5) is 19.7 Å². The number of halogens is 1. The second-order valence-corrected chi connectivity index (χ2v) is 17.8. The first kappa shape index (κ1) is 44.3. The SMILES string of the molecule is COC(=O)NC(C(=O)N1CC(O)CC1c1nc2ccc(C3CCC(c4ccc5nc(C6CC(O)CN6C(=O)C(NC(=O)OC)C(C)C)[nH]c5c4)N3c3ccc(F)cc3)cc2[nH]1)C(C)C. The van der Waals surface area contributed by atoms with Gasteiger partial charge < -0.3 is 55.0 Å². The third-order valence-electron chi connectivity index (χ3n) is 12.9. The minimum Gasteiger partial charge on any atom is -0.453 e. The molecule has 0 saturated carbocycles. The standard InChI is InChI=1S/C46H56FN9O8/c1-23(2)39(52-45(61)63-5)43(59)54-21-29(57)19-37(54)41-48-31-13-7-25(17-33(31)50-41)35-15-16-36(56(35)28-11-9-27(47)10-12-28)26-8-14-32-34(18-26)51-42(49-32)38-20-30(58)22-55(38)44(60)40(24(3)4)53-46(62)64-6/h7-14,17-18,23-24,29-30,35-40,57-58H,15-16,19-22H2,1-6H3,(H,48,50)(H,49,51)(H,52,61)(H,53,62). The van der Waals surface area contributed by atoms with Crippen molar-refractivity contribution in [1.82, 2.24) is 40.4 Å². The van der Waals surface area contributed by atoms with E-state index >= 15 is 0 Å². The van der Waals surface area contributed by atoms with Crippen LogP contribution in [0.1, 0.15) is 100 Å². The molecule has 3 aromatic carbocycles. The summed E-state index contributed by atoms with van der Waals surface area (Å²) in [6.45, 7) is 7.51. The third-order valence-corrected chi connectivity index (χ3v) is 12.9. The van der Waals surface area contributed by atoms with Gasteiger partial charge in [0, 0.05) is 31.6 Å². The molecule has 8 atom stereocenters. The summed E-state index contributed by atoms with van der Waals surface area (Å²) >= 11 is 0. The Morgan fingerprint density at radius 3 is 1.48 bits per heavy atom. The molecule has 64 heavy (non-hydrogen) atoms. The first-order valence-electron chi connectivity index (χ1n) is 21.8. The van der Waals surface area contributed by atoms with E-state index in [1.807, 2.05) is 52.0 Å². The molecule has 3 fully saturated rings. The zero-order valence-corrected chi connectivity index (χ0v) is 36.7. The maximum atomic E-state index is 14.4. The number of fused-ring (bicyclic) bond motifs is 2. The number of amides is 4. The predicted octanol–water partition coefficient (Wildman–Crippen LogP) is 5.69. The van der Waals surface area contributed by atoms with Crippen LogP contribution in [0.15, 0.2) is 60.7 Å². The molecule has 17 nitrogen and oxygen atoms in total. The Balaban J connectivity index is 1.07. The monoisotopic (exact) mass is 881 g/mol. The average molecular weight is 882 g/mol. The van der Waals surface area contributed by atoms with E-state index in [0.29, 0.717) is 22.7 Å². The highest BCUT2D eigenvalue weighted by molar-refractivity contribution is 5.88. The number of nitrogens with zero attached hydrogens (tertiary/aromatic N) is 5. The Morgan fingerprint density at radius 2 is 1.09 bits per heavy atom. The molecule has 6 N–H and O–H groups in total. The maximum absolute atomic E-state index is 14.4. The number of likely N-dealkylation sites (tertiary alicyclic amines) is 2. The van der Waals surface area contributed by atoms with Crippen LogP contribution in [-0.2, 0) is 19.1 Å². The van der Waals surface area contributed by atoms with Crippen molar-refractivity contribution in [2.24, 2.45) is 11.8 Å². The zero-order chi connectivity index (χ0) is 45.6. The molecule has 0 radical (unpaired) electrons. The fourth-order valence-corrected chi connectivity index (χ4v) is 9.65. The number of alkyl carbamates (subject to hydrolysis) is 2. The molecule has 3 aliphatic heterocycles. The van der Waals surface area contributed by atoms with Crippen LogP contribution in [0.3, 0.4) is 0 Å². The van der Waals surface area contributed by atoms with Crippen molar-refractivity contribution in [3.63, 3.8) is 0 Å². The van der Waals surface area contributed by atoms with Crippen LogP contribution in [0.25, 0.3) is 22.1 Å². The van der Waals surface area contributed by atoms with Crippen LogP contribution >= 0.6 is 0 Å². The smallest absolute Gasteiger partial charge is 0.407 e. The van der Waals surface area contributed by atoms with Gasteiger partial charge in [0.1, 0.15) is 29.5 Å². The lowest BCUT2D eigenvalue weighted by molar-refractivity contribution is -0.136. The largest absolute Gasteiger partial charge is 0.453 e. The van der Waals surface area contributed by atoms with E-state index in [0.717, 1.165) is 40.7 Å². The van der Waals surface area contributed by atoms with Crippen LogP contribution in [0, 0.1) is 17.7 Å². The van der Waals surface area contributed by atoms with Gasteiger partial charge in [-0.1, -0.05) is 39.8 Å². The number of aromatic amines is 2. The van der Waals surface area contributed by atoms with Crippen LogP contribution in [0.2, 0.25) is 0 Å². The van der Waals surface area contributed by atoms with Crippen LogP contribution < -0.4 is 15.5 Å². The number of hydrogen-bond donors (Lipinski definition) is 6. The summed E-state index contributed by atoms with van der Waals surface area (Å²) in [5.74, 6) is -0.428. The number of aromatic nitrogens is 4. The number of H-pyrrole nitrogens is 2. The maximum Gasteiger partial charge on any atom is 0.407 e. The summed E-state index contributed by atoms with van der Waals surface area (Å²) in [7, 11) is 2.48. The van der Waals surface area contributed by atoms with Crippen molar-refractivity contribution in [1.29, 1.82) is 0 Å². The highest BCUT2D eigenvalue weighted by Gasteiger charge is 2.43. The van der Waals surface area contributed by atoms with Gasteiger partial charge in [-0.2, -0.15) is 0 Å². The van der Waals surface area contributed by atoms with Crippen LogP contribution in [0.5, 0.6) is 0 Å². The number of β-amino-alcohol motifs (C(OH)–C–C–N with tert-alkyl or cyclic N) is 2. The molecule has 3 aliphatic rings. The summed E-state index contributed by atoms with van der Waals surface area (Å²) in [4.78, 5) is 74.0. The average Bonchev–Trinajstić information content (AvgIpc) is 4.12. The number of ether oxygens (including phenoxy) is 2. The first-order valence-corrected chi connectivity index (χ1v) is 21.8. The quantitative estimate of drug-likeness (QED) is 0.0947. The molecule has 8 unspecified atom stereocenters. The van der Waals surface area contributed by atoms with Crippen molar-refractivity contribution >= 4 is 51.8 Å².